The van der Waals surface area contributed by atoms with E-state index in [1.165, 1.54) is 18.2 Å². The van der Waals surface area contributed by atoms with Crippen LogP contribution >= 0.6 is 0 Å². The molecule has 1 aliphatic carbocycles. The molecule has 0 saturated carbocycles. The molecule has 0 heterocycles. The lowest BCUT2D eigenvalue weighted by molar-refractivity contribution is -0.145. The summed E-state index contributed by atoms with van der Waals surface area (Å²) in [6.45, 7) is 0. The monoisotopic (exact) mass is 258 g/mol. The Morgan fingerprint density at radius 1 is 1.21 bits per heavy atom. The molecule has 0 spiro atoms. The van der Waals surface area contributed by atoms with Gasteiger partial charge in [-0.05, 0) is 49.7 Å². The number of methoxy groups -OCH3 is 1. The van der Waals surface area contributed by atoms with E-state index in [1.54, 1.807) is 0 Å². The van der Waals surface area contributed by atoms with Gasteiger partial charge in [0.05, 0.1) is 13.0 Å². The number of carbonyl (C=O) groups excluding carboxylic acids is 1. The standard InChI is InChI=1S/C17H22O2/c1-19-17(18)16-11-6-4-2-3-5-8-14-9-7-10-15(12-14)13-16/h2-3,7,9-10,12,16H,4-6,8,11,13H2,1H3/b3-2-. The van der Waals surface area contributed by atoms with Gasteiger partial charge in [-0.1, -0.05) is 36.4 Å². The largest absolute Gasteiger partial charge is 0.469 e. The van der Waals surface area contributed by atoms with Crippen LogP contribution in [-0.2, 0) is 22.4 Å². The van der Waals surface area contributed by atoms with Gasteiger partial charge in [0.2, 0.25) is 0 Å². The molecule has 1 aromatic carbocycles. The van der Waals surface area contributed by atoms with E-state index in [4.69, 9.17) is 4.74 Å². The van der Waals surface area contributed by atoms with Crippen LogP contribution in [0.5, 0.6) is 0 Å². The van der Waals surface area contributed by atoms with Gasteiger partial charge in [0.1, 0.15) is 0 Å². The fourth-order valence-electron chi connectivity index (χ4n) is 2.63. The Hall–Kier alpha value is -1.57. The van der Waals surface area contributed by atoms with E-state index in [0.717, 1.165) is 38.5 Å². The third-order valence-corrected chi connectivity index (χ3v) is 3.70. The van der Waals surface area contributed by atoms with Crippen molar-refractivity contribution in [3.05, 3.63) is 47.5 Å². The minimum absolute atomic E-state index is 0.00641. The summed E-state index contributed by atoms with van der Waals surface area (Å²) < 4.78 is 4.93. The quantitative estimate of drug-likeness (QED) is 0.567. The summed E-state index contributed by atoms with van der Waals surface area (Å²) in [6, 6.07) is 8.59. The molecule has 2 heteroatoms. The van der Waals surface area contributed by atoms with Crippen LogP contribution in [0.15, 0.2) is 36.4 Å². The van der Waals surface area contributed by atoms with Crippen LogP contribution < -0.4 is 0 Å². The van der Waals surface area contributed by atoms with Crippen LogP contribution in [0.1, 0.15) is 36.8 Å². The highest BCUT2D eigenvalue weighted by Crippen LogP contribution is 2.19. The minimum Gasteiger partial charge on any atom is -0.469 e. The molecule has 1 unspecified atom stereocenters. The summed E-state index contributed by atoms with van der Waals surface area (Å²) >= 11 is 0. The average molecular weight is 258 g/mol. The summed E-state index contributed by atoms with van der Waals surface area (Å²) in [4.78, 5) is 11.8. The molecule has 2 nitrogen and oxygen atoms in total. The van der Waals surface area contributed by atoms with E-state index in [0.29, 0.717) is 0 Å². The Kier molecular flexibility index (Phi) is 5.20. The zero-order valence-corrected chi connectivity index (χ0v) is 11.6. The fraction of sp³-hybridized carbons (Fsp3) is 0.471. The first-order valence-electron chi connectivity index (χ1n) is 7.10. The van der Waals surface area contributed by atoms with Crippen LogP contribution in [0.25, 0.3) is 0 Å². The number of allylic oxidation sites excluding steroid dienone is 2. The van der Waals surface area contributed by atoms with Gasteiger partial charge in [0.25, 0.3) is 0 Å². The highest BCUT2D eigenvalue weighted by Gasteiger charge is 2.19. The maximum Gasteiger partial charge on any atom is 0.308 e. The zero-order valence-electron chi connectivity index (χ0n) is 11.6. The van der Waals surface area contributed by atoms with Gasteiger partial charge in [-0.25, -0.2) is 0 Å². The normalized spacial score (nSPS) is 21.8. The summed E-state index contributed by atoms with van der Waals surface area (Å²) in [6.07, 6.45) is 10.5. The highest BCUT2D eigenvalue weighted by molar-refractivity contribution is 5.72. The number of hydrogen-bond donors (Lipinski definition) is 0. The van der Waals surface area contributed by atoms with Gasteiger partial charge in [-0.2, -0.15) is 0 Å². The van der Waals surface area contributed by atoms with Crippen molar-refractivity contribution < 1.29 is 9.53 Å². The molecule has 0 fully saturated rings. The second-order valence-electron chi connectivity index (χ2n) is 5.19. The number of fused-ring (bicyclic) bond motifs is 2. The Balaban J connectivity index is 2.18. The van der Waals surface area contributed by atoms with E-state index < -0.39 is 0 Å². The molecule has 1 aliphatic rings. The molecule has 0 radical (unpaired) electrons. The maximum absolute atomic E-state index is 11.8. The maximum atomic E-state index is 11.8. The van der Waals surface area contributed by atoms with Crippen molar-refractivity contribution in [2.75, 3.05) is 7.11 Å². The first kappa shape index (κ1) is 13.9. The third kappa shape index (κ3) is 4.23. The highest BCUT2D eigenvalue weighted by atomic mass is 16.5. The number of rotatable bonds is 1. The Morgan fingerprint density at radius 3 is 2.84 bits per heavy atom. The zero-order chi connectivity index (χ0) is 13.5. The molecule has 0 saturated heterocycles. The number of esters is 1. The van der Waals surface area contributed by atoms with Crippen LogP contribution in [0, 0.1) is 5.92 Å². The fourth-order valence-corrected chi connectivity index (χ4v) is 2.63. The molecule has 2 bridgehead atoms. The minimum atomic E-state index is -0.0774. The summed E-state index contributed by atoms with van der Waals surface area (Å²) in [5.41, 5.74) is 2.60. The second kappa shape index (κ2) is 7.13. The van der Waals surface area contributed by atoms with Crippen molar-refractivity contribution in [1.29, 1.82) is 0 Å². The van der Waals surface area contributed by atoms with Crippen LogP contribution in [0.4, 0.5) is 0 Å². The van der Waals surface area contributed by atoms with Crippen LogP contribution in [0.3, 0.4) is 0 Å². The van der Waals surface area contributed by atoms with E-state index in [9.17, 15) is 4.79 Å². The predicted molar refractivity (Wildman–Crippen MR) is 77.0 cm³/mol. The molecule has 2 rings (SSSR count). The van der Waals surface area contributed by atoms with Crippen LogP contribution in [-0.4, -0.2) is 13.1 Å². The molecule has 1 aromatic rings. The van der Waals surface area contributed by atoms with Crippen molar-refractivity contribution >= 4 is 5.97 Å². The molecule has 0 aliphatic heterocycles. The molecular formula is C17H22O2. The van der Waals surface area contributed by atoms with Gasteiger partial charge < -0.3 is 4.74 Å². The van der Waals surface area contributed by atoms with E-state index in [1.807, 2.05) is 0 Å². The molecule has 1 atom stereocenters. The molecule has 19 heavy (non-hydrogen) atoms. The summed E-state index contributed by atoms with van der Waals surface area (Å²) in [5.74, 6) is -0.0838. The Bertz CT molecular complexity index is 448. The van der Waals surface area contributed by atoms with Gasteiger partial charge in [0.15, 0.2) is 0 Å². The summed E-state index contributed by atoms with van der Waals surface area (Å²) in [7, 11) is 1.48. The average Bonchev–Trinajstić information content (AvgIpc) is 2.43. The third-order valence-electron chi connectivity index (χ3n) is 3.70. The smallest absolute Gasteiger partial charge is 0.308 e. The lowest BCUT2D eigenvalue weighted by Gasteiger charge is -2.15. The first-order chi connectivity index (χ1) is 9.29. The summed E-state index contributed by atoms with van der Waals surface area (Å²) in [5, 5.41) is 0. The Morgan fingerprint density at radius 2 is 2.00 bits per heavy atom. The predicted octanol–water partition coefficient (Wildman–Crippen LogP) is 3.69. The number of ether oxygens (including phenoxy) is 1. The lowest BCUT2D eigenvalue weighted by atomic mass is 9.92. The van der Waals surface area contributed by atoms with Gasteiger partial charge in [0, 0.05) is 0 Å². The number of hydrogen-bond acceptors (Lipinski definition) is 2. The second-order valence-corrected chi connectivity index (χ2v) is 5.19. The SMILES string of the molecule is COC(=O)C1CCC/C=C\CCc2cccc(c2)C1. The molecule has 0 aromatic heterocycles. The van der Waals surface area contributed by atoms with E-state index in [2.05, 4.69) is 36.4 Å². The van der Waals surface area contributed by atoms with Gasteiger partial charge in [-0.3, -0.25) is 4.79 Å². The van der Waals surface area contributed by atoms with Crippen molar-refractivity contribution in [1.82, 2.24) is 0 Å². The van der Waals surface area contributed by atoms with Gasteiger partial charge >= 0.3 is 5.97 Å². The van der Waals surface area contributed by atoms with E-state index in [-0.39, 0.29) is 11.9 Å². The molecule has 0 amide bonds. The van der Waals surface area contributed by atoms with Crippen molar-refractivity contribution in [3.63, 3.8) is 0 Å². The van der Waals surface area contributed by atoms with Crippen molar-refractivity contribution in [2.24, 2.45) is 5.92 Å². The Labute approximate surface area is 115 Å². The van der Waals surface area contributed by atoms with Crippen LogP contribution in [0.2, 0.25) is 0 Å². The van der Waals surface area contributed by atoms with E-state index >= 15 is 0 Å². The topological polar surface area (TPSA) is 26.3 Å². The molecular weight excluding hydrogens is 236 g/mol. The number of carbonyl (C=O) groups is 1. The number of aryl methyl sites for hydroxylation is 1. The first-order valence-corrected chi connectivity index (χ1v) is 7.10. The lowest BCUT2D eigenvalue weighted by Crippen LogP contribution is -2.19. The number of benzene rings is 1. The van der Waals surface area contributed by atoms with Crippen molar-refractivity contribution in [3.8, 4) is 0 Å². The van der Waals surface area contributed by atoms with Crippen molar-refractivity contribution in [2.45, 2.75) is 38.5 Å². The van der Waals surface area contributed by atoms with Gasteiger partial charge in [-0.15, -0.1) is 0 Å². The molecule has 102 valence electrons. The molecule has 0 N–H and O–H groups in total.